The Morgan fingerprint density at radius 3 is 2.67 bits per heavy atom. The monoisotopic (exact) mass is 327 g/mol. The van der Waals surface area contributed by atoms with Crippen molar-refractivity contribution in [3.05, 3.63) is 28.8 Å². The van der Waals surface area contributed by atoms with Gasteiger partial charge in [-0.3, -0.25) is 0 Å². The van der Waals surface area contributed by atoms with Gasteiger partial charge in [0.1, 0.15) is 11.0 Å². The van der Waals surface area contributed by atoms with E-state index in [1.165, 1.54) is 18.2 Å². The highest BCUT2D eigenvalue weighted by atomic mass is 35.5. The van der Waals surface area contributed by atoms with Crippen LogP contribution < -0.4 is 10.5 Å². The number of benzene rings is 1. The molecule has 5 nitrogen and oxygen atoms in total. The number of nitrogens with one attached hydrogen (secondary N) is 1. The van der Waals surface area contributed by atoms with Gasteiger partial charge in [-0.2, -0.15) is 5.26 Å². The first-order valence-corrected chi connectivity index (χ1v) is 8.76. The second-order valence-electron chi connectivity index (χ2n) is 5.23. The Balaban J connectivity index is 2.30. The minimum absolute atomic E-state index is 0.0335. The smallest absolute Gasteiger partial charge is 0.242 e. The van der Waals surface area contributed by atoms with Crippen molar-refractivity contribution >= 4 is 21.6 Å². The summed E-state index contributed by atoms with van der Waals surface area (Å²) in [7, 11) is -3.81. The van der Waals surface area contributed by atoms with Gasteiger partial charge in [0.15, 0.2) is 0 Å². The predicted octanol–water partition coefficient (Wildman–Crippen LogP) is 2.01. The first-order chi connectivity index (χ1) is 9.99. The Hall–Kier alpha value is -1.13. The van der Waals surface area contributed by atoms with Gasteiger partial charge in [0.2, 0.25) is 10.0 Å². The summed E-state index contributed by atoms with van der Waals surface area (Å²) in [5.74, 6) is 0.259. The molecule has 1 aromatic carbocycles. The van der Waals surface area contributed by atoms with E-state index in [4.69, 9.17) is 22.6 Å². The zero-order valence-electron chi connectivity index (χ0n) is 11.5. The molecule has 21 heavy (non-hydrogen) atoms. The van der Waals surface area contributed by atoms with Gasteiger partial charge in [-0.25, -0.2) is 13.1 Å². The molecule has 1 aliphatic carbocycles. The average Bonchev–Trinajstić information content (AvgIpc) is 2.98. The van der Waals surface area contributed by atoms with Crippen LogP contribution in [-0.4, -0.2) is 21.0 Å². The van der Waals surface area contributed by atoms with Gasteiger partial charge in [0.25, 0.3) is 0 Å². The van der Waals surface area contributed by atoms with E-state index in [1.54, 1.807) is 0 Å². The average molecular weight is 328 g/mol. The maximum absolute atomic E-state index is 12.5. The van der Waals surface area contributed by atoms with Crippen molar-refractivity contribution in [2.45, 2.75) is 36.6 Å². The van der Waals surface area contributed by atoms with E-state index in [9.17, 15) is 8.42 Å². The van der Waals surface area contributed by atoms with Crippen LogP contribution in [0.3, 0.4) is 0 Å². The standard InChI is InChI=1S/C14H18ClN3O2S/c15-12-6-3-7-14(11(12)8-16)21(19,20)18-13(9-17)10-4-1-2-5-10/h3,6-7,10,13,18H,1-2,4-5,9,17H2. The highest BCUT2D eigenvalue weighted by Crippen LogP contribution is 2.29. The predicted molar refractivity (Wildman–Crippen MR) is 81.3 cm³/mol. The van der Waals surface area contributed by atoms with E-state index in [0.717, 1.165) is 25.7 Å². The van der Waals surface area contributed by atoms with E-state index < -0.39 is 10.0 Å². The van der Waals surface area contributed by atoms with Gasteiger partial charge in [0.05, 0.1) is 10.6 Å². The van der Waals surface area contributed by atoms with E-state index in [-0.39, 0.29) is 34.0 Å². The lowest BCUT2D eigenvalue weighted by Crippen LogP contribution is -2.44. The van der Waals surface area contributed by atoms with E-state index >= 15 is 0 Å². The summed E-state index contributed by atoms with van der Waals surface area (Å²) in [6.07, 6.45) is 4.16. The van der Waals surface area contributed by atoms with Crippen molar-refractivity contribution in [1.82, 2.24) is 4.72 Å². The number of hydrogen-bond donors (Lipinski definition) is 2. The van der Waals surface area contributed by atoms with Gasteiger partial charge >= 0.3 is 0 Å². The molecule has 0 aliphatic heterocycles. The third-order valence-electron chi connectivity index (χ3n) is 3.91. The van der Waals surface area contributed by atoms with Crippen LogP contribution in [0, 0.1) is 17.2 Å². The molecular formula is C14H18ClN3O2S. The molecule has 1 fully saturated rings. The molecule has 0 amide bonds. The SMILES string of the molecule is N#Cc1c(Cl)cccc1S(=O)(=O)NC(CN)C1CCCC1. The lowest BCUT2D eigenvalue weighted by molar-refractivity contribution is 0.405. The fourth-order valence-electron chi connectivity index (χ4n) is 2.80. The molecule has 1 saturated carbocycles. The zero-order chi connectivity index (χ0) is 15.5. The highest BCUT2D eigenvalue weighted by Gasteiger charge is 2.29. The molecular weight excluding hydrogens is 310 g/mol. The largest absolute Gasteiger partial charge is 0.329 e. The minimum Gasteiger partial charge on any atom is -0.329 e. The molecule has 0 saturated heterocycles. The van der Waals surface area contributed by atoms with Gasteiger partial charge in [-0.15, -0.1) is 0 Å². The van der Waals surface area contributed by atoms with Crippen molar-refractivity contribution in [3.8, 4) is 6.07 Å². The summed E-state index contributed by atoms with van der Waals surface area (Å²) in [6, 6.07) is 5.94. The Kier molecular flexibility index (Phi) is 5.22. The van der Waals surface area contributed by atoms with Crippen LogP contribution in [0.15, 0.2) is 23.1 Å². The summed E-state index contributed by atoms with van der Waals surface area (Å²) in [5, 5.41) is 9.24. The maximum Gasteiger partial charge on any atom is 0.242 e. The summed E-state index contributed by atoms with van der Waals surface area (Å²) in [5.41, 5.74) is 5.69. The molecule has 7 heteroatoms. The quantitative estimate of drug-likeness (QED) is 0.864. The van der Waals surface area contributed by atoms with Crippen LogP contribution in [0.2, 0.25) is 5.02 Å². The van der Waals surface area contributed by atoms with E-state index in [0.29, 0.717) is 0 Å². The van der Waals surface area contributed by atoms with Crippen molar-refractivity contribution in [3.63, 3.8) is 0 Å². The molecule has 1 atom stereocenters. The third-order valence-corrected chi connectivity index (χ3v) is 5.75. The number of sulfonamides is 1. The van der Waals surface area contributed by atoms with Crippen LogP contribution in [0.5, 0.6) is 0 Å². The number of halogens is 1. The molecule has 1 unspecified atom stereocenters. The van der Waals surface area contributed by atoms with Gasteiger partial charge in [0, 0.05) is 12.6 Å². The van der Waals surface area contributed by atoms with Crippen molar-refractivity contribution in [2.24, 2.45) is 11.7 Å². The Morgan fingerprint density at radius 2 is 2.10 bits per heavy atom. The van der Waals surface area contributed by atoms with Gasteiger partial charge < -0.3 is 5.73 Å². The van der Waals surface area contributed by atoms with Crippen molar-refractivity contribution in [2.75, 3.05) is 6.54 Å². The molecule has 0 heterocycles. The van der Waals surface area contributed by atoms with E-state index in [2.05, 4.69) is 4.72 Å². The van der Waals surface area contributed by atoms with Crippen molar-refractivity contribution < 1.29 is 8.42 Å². The second-order valence-corrected chi connectivity index (χ2v) is 7.32. The van der Waals surface area contributed by atoms with Gasteiger partial charge in [-0.1, -0.05) is 30.5 Å². The maximum atomic E-state index is 12.5. The summed E-state index contributed by atoms with van der Waals surface area (Å²) >= 11 is 5.89. The van der Waals surface area contributed by atoms with Gasteiger partial charge in [-0.05, 0) is 30.9 Å². The zero-order valence-corrected chi connectivity index (χ0v) is 13.1. The molecule has 0 radical (unpaired) electrons. The first-order valence-electron chi connectivity index (χ1n) is 6.90. The number of nitrogens with two attached hydrogens (primary N) is 1. The lowest BCUT2D eigenvalue weighted by Gasteiger charge is -2.23. The Bertz CT molecular complexity index is 649. The molecule has 1 aromatic rings. The minimum atomic E-state index is -3.81. The van der Waals surface area contributed by atoms with Crippen LogP contribution in [0.4, 0.5) is 0 Å². The lowest BCUT2D eigenvalue weighted by atomic mass is 9.99. The Morgan fingerprint density at radius 1 is 1.43 bits per heavy atom. The number of nitriles is 1. The molecule has 2 rings (SSSR count). The van der Waals surface area contributed by atoms with Crippen LogP contribution in [0.25, 0.3) is 0 Å². The summed E-state index contributed by atoms with van der Waals surface area (Å²) < 4.78 is 27.7. The second kappa shape index (κ2) is 6.75. The topological polar surface area (TPSA) is 96.0 Å². The summed E-state index contributed by atoms with van der Waals surface area (Å²) in [6.45, 7) is 0.242. The molecule has 3 N–H and O–H groups in total. The fourth-order valence-corrected chi connectivity index (χ4v) is 4.57. The normalized spacial score (nSPS) is 17.6. The molecule has 0 bridgehead atoms. The Labute approximate surface area is 130 Å². The molecule has 0 spiro atoms. The highest BCUT2D eigenvalue weighted by molar-refractivity contribution is 7.89. The molecule has 0 aromatic heterocycles. The fraction of sp³-hybridized carbons (Fsp3) is 0.500. The number of hydrogen-bond acceptors (Lipinski definition) is 4. The van der Waals surface area contributed by atoms with Crippen LogP contribution in [0.1, 0.15) is 31.2 Å². The molecule has 114 valence electrons. The number of rotatable bonds is 5. The third kappa shape index (κ3) is 3.55. The van der Waals surface area contributed by atoms with Crippen LogP contribution >= 0.6 is 11.6 Å². The number of nitrogens with zero attached hydrogens (tertiary/aromatic N) is 1. The molecule has 1 aliphatic rings. The van der Waals surface area contributed by atoms with Crippen LogP contribution in [-0.2, 0) is 10.0 Å². The van der Waals surface area contributed by atoms with E-state index in [1.807, 2.05) is 6.07 Å². The summed E-state index contributed by atoms with van der Waals surface area (Å²) in [4.78, 5) is -0.0889. The van der Waals surface area contributed by atoms with Crippen molar-refractivity contribution in [1.29, 1.82) is 5.26 Å². The first kappa shape index (κ1) is 16.2.